The van der Waals surface area contributed by atoms with Crippen molar-refractivity contribution in [1.82, 2.24) is 9.97 Å². The Bertz CT molecular complexity index is 1360. The molecule has 3 N–H and O–H groups in total. The molecule has 0 radical (unpaired) electrons. The number of carboxylic acid groups (broad SMARTS) is 1. The Kier molecular flexibility index (Phi) is 5.87. The summed E-state index contributed by atoms with van der Waals surface area (Å²) in [5.74, 6) is -0.358. The smallest absolute Gasteiger partial charge is 0.328 e. The van der Waals surface area contributed by atoms with E-state index < -0.39 is 12.0 Å². The predicted molar refractivity (Wildman–Crippen MR) is 119 cm³/mol. The first-order valence-corrected chi connectivity index (χ1v) is 10.1. The molecule has 0 bridgehead atoms. The summed E-state index contributed by atoms with van der Waals surface area (Å²) < 4.78 is 11.3. The van der Waals surface area contributed by atoms with Crippen LogP contribution in [0.5, 0.6) is 11.5 Å². The van der Waals surface area contributed by atoms with Crippen LogP contribution in [0.3, 0.4) is 0 Å². The fraction of sp³-hybridized carbons (Fsp3) is 0.174. The number of aliphatic carboxylic acids is 1. The maximum atomic E-state index is 11.9. The van der Waals surface area contributed by atoms with E-state index >= 15 is 0 Å². The molecule has 0 amide bonds. The van der Waals surface area contributed by atoms with Crippen LogP contribution in [0.15, 0.2) is 58.3 Å². The van der Waals surface area contributed by atoms with Crippen LogP contribution in [-0.2, 0) is 11.2 Å². The molecule has 8 nitrogen and oxygen atoms in total. The monoisotopic (exact) mass is 453 g/mol. The van der Waals surface area contributed by atoms with Crippen LogP contribution < -0.4 is 10.1 Å². The topological polar surface area (TPSA) is 121 Å². The summed E-state index contributed by atoms with van der Waals surface area (Å²) in [6, 6.07) is 8.90. The number of nitrogens with zero attached hydrogens (tertiary/aromatic N) is 2. The van der Waals surface area contributed by atoms with Gasteiger partial charge in [-0.2, -0.15) is 0 Å². The molecule has 2 aromatic carbocycles. The standard InChI is InChI=1S/C23H20ClN3O5/c1-12-5-21-15(8-16(12)24)17(27-18(23(29)30)7-14-10-25-11-26-14)9-20(32-21)13-3-4-19(28)22(6-13)31-2/h3-6,8-11,18,28H,7H2,1-2H3,(H,25,26)(H,29,30). The van der Waals surface area contributed by atoms with Crippen molar-refractivity contribution < 1.29 is 24.2 Å². The van der Waals surface area contributed by atoms with Crippen LogP contribution >= 0.6 is 11.6 Å². The van der Waals surface area contributed by atoms with Gasteiger partial charge in [0.1, 0.15) is 11.3 Å². The summed E-state index contributed by atoms with van der Waals surface area (Å²) >= 11 is 6.33. The third kappa shape index (κ3) is 4.31. The Hall–Kier alpha value is -3.78. The summed E-state index contributed by atoms with van der Waals surface area (Å²) in [6.45, 7) is 1.85. The molecule has 164 valence electrons. The van der Waals surface area contributed by atoms with Crippen LogP contribution in [0.1, 0.15) is 11.3 Å². The fourth-order valence-corrected chi connectivity index (χ4v) is 3.49. The Morgan fingerprint density at radius 3 is 2.81 bits per heavy atom. The van der Waals surface area contributed by atoms with E-state index in [1.807, 2.05) is 6.92 Å². The Morgan fingerprint density at radius 2 is 2.12 bits per heavy atom. The van der Waals surface area contributed by atoms with E-state index in [0.29, 0.717) is 38.4 Å². The molecule has 4 rings (SSSR count). The number of aromatic hydroxyl groups is 1. The zero-order valence-corrected chi connectivity index (χ0v) is 18.1. The molecule has 32 heavy (non-hydrogen) atoms. The number of ether oxygens (including phenoxy) is 1. The lowest BCUT2D eigenvalue weighted by molar-refractivity contribution is -0.138. The molecule has 9 heteroatoms. The Labute approximate surface area is 187 Å². The first kappa shape index (κ1) is 21.5. The van der Waals surface area contributed by atoms with Crippen molar-refractivity contribution in [3.8, 4) is 22.8 Å². The van der Waals surface area contributed by atoms with Gasteiger partial charge in [-0.25, -0.2) is 9.78 Å². The molecule has 1 atom stereocenters. The average Bonchev–Trinajstić information content (AvgIpc) is 3.28. The van der Waals surface area contributed by atoms with Crippen LogP contribution in [0.4, 0.5) is 0 Å². The number of hydrogen-bond donors (Lipinski definition) is 3. The van der Waals surface area contributed by atoms with Crippen molar-refractivity contribution in [2.24, 2.45) is 4.99 Å². The zero-order valence-electron chi connectivity index (χ0n) is 17.3. The summed E-state index contributed by atoms with van der Waals surface area (Å²) in [4.78, 5) is 23.3. The van der Waals surface area contributed by atoms with E-state index in [-0.39, 0.29) is 17.9 Å². The maximum Gasteiger partial charge on any atom is 0.328 e. The van der Waals surface area contributed by atoms with Gasteiger partial charge >= 0.3 is 5.97 Å². The number of aromatic amines is 1. The highest BCUT2D eigenvalue weighted by Gasteiger charge is 2.19. The number of nitrogens with one attached hydrogen (secondary N) is 1. The summed E-state index contributed by atoms with van der Waals surface area (Å²) in [5.41, 5.74) is 2.59. The number of aryl methyl sites for hydroxylation is 1. The number of H-pyrrole nitrogens is 1. The third-order valence-electron chi connectivity index (χ3n) is 5.04. The summed E-state index contributed by atoms with van der Waals surface area (Å²) in [5, 5.41) is 21.2. The lowest BCUT2D eigenvalue weighted by Gasteiger charge is -2.11. The second-order valence-corrected chi connectivity index (χ2v) is 7.65. The van der Waals surface area contributed by atoms with Gasteiger partial charge in [-0.1, -0.05) is 11.6 Å². The minimum Gasteiger partial charge on any atom is -0.504 e. The van der Waals surface area contributed by atoms with Gasteiger partial charge in [0.15, 0.2) is 17.5 Å². The normalized spacial score (nSPS) is 12.8. The first-order valence-electron chi connectivity index (χ1n) is 9.71. The number of phenols is 1. The van der Waals surface area contributed by atoms with E-state index in [1.54, 1.807) is 36.5 Å². The predicted octanol–water partition coefficient (Wildman–Crippen LogP) is 4.10. The Morgan fingerprint density at radius 1 is 1.31 bits per heavy atom. The quantitative estimate of drug-likeness (QED) is 0.404. The number of imidazole rings is 1. The second kappa shape index (κ2) is 8.76. The van der Waals surface area contributed by atoms with Crippen molar-refractivity contribution >= 4 is 28.5 Å². The number of carbonyl (C=O) groups is 1. The van der Waals surface area contributed by atoms with E-state index in [0.717, 1.165) is 5.56 Å². The van der Waals surface area contributed by atoms with Gasteiger partial charge < -0.3 is 24.4 Å². The first-order chi connectivity index (χ1) is 15.4. The SMILES string of the molecule is COc1cc(-c2cc(=NC(Cc3cnc[nH]3)C(=O)O)c3cc(Cl)c(C)cc3o2)ccc1O. The van der Waals surface area contributed by atoms with Crippen LogP contribution in [0, 0.1) is 6.92 Å². The number of halogens is 1. The largest absolute Gasteiger partial charge is 0.504 e. The molecule has 0 aliphatic heterocycles. The zero-order chi connectivity index (χ0) is 22.8. The molecule has 0 aliphatic carbocycles. The molecule has 0 saturated heterocycles. The van der Waals surface area contributed by atoms with Gasteiger partial charge in [0.25, 0.3) is 0 Å². The second-order valence-electron chi connectivity index (χ2n) is 7.24. The van der Waals surface area contributed by atoms with Crippen molar-refractivity contribution in [1.29, 1.82) is 0 Å². The number of rotatable bonds is 6. The summed E-state index contributed by atoms with van der Waals surface area (Å²) in [6.07, 6.45) is 3.20. The lowest BCUT2D eigenvalue weighted by atomic mass is 10.1. The van der Waals surface area contributed by atoms with Gasteiger partial charge in [-0.3, -0.25) is 4.99 Å². The number of phenolic OH excluding ortho intramolecular Hbond substituents is 1. The molecule has 0 aliphatic rings. The van der Waals surface area contributed by atoms with Gasteiger partial charge in [0.05, 0.1) is 18.8 Å². The highest BCUT2D eigenvalue weighted by molar-refractivity contribution is 6.32. The molecule has 0 saturated carbocycles. The van der Waals surface area contributed by atoms with E-state index in [2.05, 4.69) is 15.0 Å². The van der Waals surface area contributed by atoms with Gasteiger partial charge in [-0.15, -0.1) is 0 Å². The number of methoxy groups -OCH3 is 1. The molecular formula is C23H20ClN3O5. The molecule has 1 unspecified atom stereocenters. The van der Waals surface area contributed by atoms with Crippen LogP contribution in [0.2, 0.25) is 5.02 Å². The van der Waals surface area contributed by atoms with Crippen LogP contribution in [0.25, 0.3) is 22.3 Å². The average molecular weight is 454 g/mol. The van der Waals surface area contributed by atoms with Crippen molar-refractivity contribution in [3.63, 3.8) is 0 Å². The Balaban J connectivity index is 1.94. The number of hydrogen-bond acceptors (Lipinski definition) is 6. The van der Waals surface area contributed by atoms with E-state index in [1.165, 1.54) is 19.5 Å². The number of fused-ring (bicyclic) bond motifs is 1. The minimum absolute atomic E-state index is 0.00456. The van der Waals surface area contributed by atoms with Gasteiger partial charge in [0, 0.05) is 40.4 Å². The summed E-state index contributed by atoms with van der Waals surface area (Å²) in [7, 11) is 1.45. The molecule has 2 aromatic heterocycles. The van der Waals surface area contributed by atoms with Gasteiger partial charge in [0.2, 0.25) is 0 Å². The fourth-order valence-electron chi connectivity index (χ4n) is 3.33. The lowest BCUT2D eigenvalue weighted by Crippen LogP contribution is -2.24. The van der Waals surface area contributed by atoms with E-state index in [4.69, 9.17) is 20.8 Å². The highest BCUT2D eigenvalue weighted by atomic mass is 35.5. The van der Waals surface area contributed by atoms with E-state index in [9.17, 15) is 15.0 Å². The molecule has 0 spiro atoms. The molecule has 2 heterocycles. The molecule has 4 aromatic rings. The van der Waals surface area contributed by atoms with Gasteiger partial charge in [-0.05, 0) is 42.8 Å². The third-order valence-corrected chi connectivity index (χ3v) is 5.44. The maximum absolute atomic E-state index is 11.9. The minimum atomic E-state index is -1.07. The number of benzene rings is 2. The van der Waals surface area contributed by atoms with Crippen LogP contribution in [-0.4, -0.2) is 39.3 Å². The number of carboxylic acids is 1. The van der Waals surface area contributed by atoms with Crippen molar-refractivity contribution in [3.05, 3.63) is 70.6 Å². The number of aromatic nitrogens is 2. The molecular weight excluding hydrogens is 434 g/mol. The van der Waals surface area contributed by atoms with Crippen molar-refractivity contribution in [2.45, 2.75) is 19.4 Å². The molecule has 0 fully saturated rings. The van der Waals surface area contributed by atoms with Crippen molar-refractivity contribution in [2.75, 3.05) is 7.11 Å². The highest BCUT2D eigenvalue weighted by Crippen LogP contribution is 2.32.